The molecule has 0 amide bonds. The van der Waals surface area contributed by atoms with Crippen LogP contribution >= 0.6 is 0 Å². The van der Waals surface area contributed by atoms with Crippen molar-refractivity contribution in [1.29, 1.82) is 0 Å². The van der Waals surface area contributed by atoms with Gasteiger partial charge in [0.25, 0.3) is 0 Å². The third-order valence-corrected chi connectivity index (χ3v) is 3.36. The van der Waals surface area contributed by atoms with Crippen molar-refractivity contribution in [1.82, 2.24) is 4.98 Å². The van der Waals surface area contributed by atoms with Gasteiger partial charge < -0.3 is 14.7 Å². The number of pyridine rings is 1. The first-order valence-electron chi connectivity index (χ1n) is 6.25. The highest BCUT2D eigenvalue weighted by Crippen LogP contribution is 2.22. The van der Waals surface area contributed by atoms with Gasteiger partial charge in [-0.25, -0.2) is 9.37 Å². The van der Waals surface area contributed by atoms with Crippen LogP contribution in [0.4, 0.5) is 10.2 Å². The van der Waals surface area contributed by atoms with E-state index in [0.29, 0.717) is 17.3 Å². The van der Waals surface area contributed by atoms with Crippen molar-refractivity contribution in [3.8, 4) is 0 Å². The molecule has 1 fully saturated rings. The van der Waals surface area contributed by atoms with Crippen LogP contribution in [-0.4, -0.2) is 36.9 Å². The second kappa shape index (κ2) is 6.11. The van der Waals surface area contributed by atoms with Gasteiger partial charge >= 0.3 is 0 Å². The molecule has 1 aliphatic rings. The lowest BCUT2D eigenvalue weighted by Gasteiger charge is -2.28. The number of aliphatic hydroxyl groups excluding tert-OH is 1. The second-order valence-electron chi connectivity index (χ2n) is 4.70. The van der Waals surface area contributed by atoms with Crippen molar-refractivity contribution < 1.29 is 14.2 Å². The molecule has 2 heterocycles. The van der Waals surface area contributed by atoms with Gasteiger partial charge in [0.15, 0.2) is 11.6 Å². The van der Waals surface area contributed by atoms with E-state index in [4.69, 9.17) is 9.84 Å². The maximum absolute atomic E-state index is 14.0. The number of hydrogen-bond donors (Lipinski definition) is 1. The zero-order chi connectivity index (χ0) is 13.0. The van der Waals surface area contributed by atoms with E-state index in [9.17, 15) is 4.39 Å². The summed E-state index contributed by atoms with van der Waals surface area (Å²) >= 11 is 0. The minimum absolute atomic E-state index is 0.291. The Labute approximate surface area is 106 Å². The number of aliphatic hydroxyl groups is 1. The summed E-state index contributed by atoms with van der Waals surface area (Å²) in [4.78, 5) is 5.88. The molecule has 0 radical (unpaired) electrons. The summed E-state index contributed by atoms with van der Waals surface area (Å²) in [6, 6.07) is 1.50. The van der Waals surface area contributed by atoms with Crippen LogP contribution in [0.25, 0.3) is 0 Å². The second-order valence-corrected chi connectivity index (χ2v) is 4.70. The van der Waals surface area contributed by atoms with Crippen LogP contribution in [0.5, 0.6) is 0 Å². The maximum Gasteiger partial charge on any atom is 0.171 e. The first-order valence-corrected chi connectivity index (χ1v) is 6.25. The predicted molar refractivity (Wildman–Crippen MR) is 66.9 cm³/mol. The molecule has 1 aromatic rings. The Bertz CT molecular complexity index is 395. The summed E-state index contributed by atoms with van der Waals surface area (Å²) in [5.41, 5.74) is 0.291. The lowest BCUT2D eigenvalue weighted by molar-refractivity contribution is 0.0684. The molecule has 1 saturated heterocycles. The Morgan fingerprint density at radius 1 is 1.50 bits per heavy atom. The monoisotopic (exact) mass is 254 g/mol. The van der Waals surface area contributed by atoms with Gasteiger partial charge in [-0.15, -0.1) is 0 Å². The number of ether oxygens (including phenoxy) is 1. The van der Waals surface area contributed by atoms with Gasteiger partial charge in [0.05, 0.1) is 6.61 Å². The van der Waals surface area contributed by atoms with Crippen LogP contribution < -0.4 is 4.90 Å². The van der Waals surface area contributed by atoms with Crippen molar-refractivity contribution in [2.75, 3.05) is 31.7 Å². The summed E-state index contributed by atoms with van der Waals surface area (Å²) in [6.07, 6.45) is 3.54. The number of anilines is 1. The number of rotatable bonds is 4. The predicted octanol–water partition coefficient (Wildman–Crippen LogP) is 1.58. The van der Waals surface area contributed by atoms with Gasteiger partial charge in [0.1, 0.15) is 0 Å². The average molecular weight is 254 g/mol. The minimum Gasteiger partial charge on any atom is -0.392 e. The molecular weight excluding hydrogens is 235 g/mol. The fourth-order valence-electron chi connectivity index (χ4n) is 2.26. The molecule has 18 heavy (non-hydrogen) atoms. The molecule has 0 unspecified atom stereocenters. The molecule has 0 atom stereocenters. The quantitative estimate of drug-likeness (QED) is 0.886. The SMILES string of the molecule is CN(CC1CCOCC1)c1nccc(CO)c1F. The number of nitrogens with zero attached hydrogens (tertiary/aromatic N) is 2. The lowest BCUT2D eigenvalue weighted by atomic mass is 10.00. The number of hydrogen-bond acceptors (Lipinski definition) is 4. The molecule has 1 N–H and O–H groups in total. The van der Waals surface area contributed by atoms with Crippen molar-refractivity contribution in [2.45, 2.75) is 19.4 Å². The van der Waals surface area contributed by atoms with Gasteiger partial charge in [0, 0.05) is 38.6 Å². The summed E-state index contributed by atoms with van der Waals surface area (Å²) in [5.74, 6) is 0.408. The highest BCUT2D eigenvalue weighted by molar-refractivity contribution is 5.42. The van der Waals surface area contributed by atoms with Gasteiger partial charge in [-0.3, -0.25) is 0 Å². The van der Waals surface area contributed by atoms with Crippen molar-refractivity contribution in [3.05, 3.63) is 23.6 Å². The van der Waals surface area contributed by atoms with E-state index < -0.39 is 5.82 Å². The molecule has 100 valence electrons. The molecule has 0 bridgehead atoms. The summed E-state index contributed by atoms with van der Waals surface area (Å²) in [7, 11) is 1.84. The zero-order valence-corrected chi connectivity index (χ0v) is 10.6. The lowest BCUT2D eigenvalue weighted by Crippen LogP contribution is -2.30. The van der Waals surface area contributed by atoms with E-state index in [1.165, 1.54) is 12.3 Å². The fourth-order valence-corrected chi connectivity index (χ4v) is 2.26. The van der Waals surface area contributed by atoms with Crippen molar-refractivity contribution >= 4 is 5.82 Å². The Morgan fingerprint density at radius 3 is 2.89 bits per heavy atom. The Hall–Kier alpha value is -1.20. The van der Waals surface area contributed by atoms with Gasteiger partial charge in [-0.2, -0.15) is 0 Å². The first-order chi connectivity index (χ1) is 8.72. The third-order valence-electron chi connectivity index (χ3n) is 3.36. The molecule has 1 aliphatic heterocycles. The maximum atomic E-state index is 14.0. The van der Waals surface area contributed by atoms with Crippen molar-refractivity contribution in [3.63, 3.8) is 0 Å². The average Bonchev–Trinajstić information content (AvgIpc) is 2.40. The van der Waals surface area contributed by atoms with Crippen LogP contribution in [0.15, 0.2) is 12.3 Å². The summed E-state index contributed by atoms with van der Waals surface area (Å²) in [5, 5.41) is 9.04. The Balaban J connectivity index is 2.05. The summed E-state index contributed by atoms with van der Waals surface area (Å²) < 4.78 is 19.3. The standard InChI is InChI=1S/C13H19FN2O2/c1-16(8-10-3-6-18-7-4-10)13-12(14)11(9-17)2-5-15-13/h2,5,10,17H,3-4,6-9H2,1H3. The molecule has 0 aromatic carbocycles. The molecule has 1 aromatic heterocycles. The minimum atomic E-state index is -0.422. The van der Waals surface area contributed by atoms with Crippen LogP contribution in [0.3, 0.4) is 0 Å². The van der Waals surface area contributed by atoms with Crippen LogP contribution in [0.1, 0.15) is 18.4 Å². The molecule has 2 rings (SSSR count). The fraction of sp³-hybridized carbons (Fsp3) is 0.615. The molecule has 0 saturated carbocycles. The molecule has 0 spiro atoms. The van der Waals surface area contributed by atoms with Gasteiger partial charge in [-0.1, -0.05) is 0 Å². The van der Waals surface area contributed by atoms with Gasteiger partial charge in [-0.05, 0) is 24.8 Å². The highest BCUT2D eigenvalue weighted by Gasteiger charge is 2.19. The van der Waals surface area contributed by atoms with E-state index in [1.807, 2.05) is 11.9 Å². The summed E-state index contributed by atoms with van der Waals surface area (Å²) in [6.45, 7) is 2.03. The van der Waals surface area contributed by atoms with E-state index in [2.05, 4.69) is 4.98 Å². The largest absolute Gasteiger partial charge is 0.392 e. The van der Waals surface area contributed by atoms with E-state index >= 15 is 0 Å². The van der Waals surface area contributed by atoms with Crippen LogP contribution in [0, 0.1) is 11.7 Å². The van der Waals surface area contributed by atoms with E-state index in [0.717, 1.165) is 32.6 Å². The van der Waals surface area contributed by atoms with E-state index in [-0.39, 0.29) is 6.61 Å². The topological polar surface area (TPSA) is 45.6 Å². The molecule has 5 heteroatoms. The Kier molecular flexibility index (Phi) is 4.49. The third kappa shape index (κ3) is 2.97. The molecular formula is C13H19FN2O2. The highest BCUT2D eigenvalue weighted by atomic mass is 19.1. The number of halogens is 1. The normalized spacial score (nSPS) is 16.8. The van der Waals surface area contributed by atoms with E-state index in [1.54, 1.807) is 0 Å². The smallest absolute Gasteiger partial charge is 0.171 e. The Morgan fingerprint density at radius 2 is 2.22 bits per heavy atom. The van der Waals surface area contributed by atoms with Crippen LogP contribution in [-0.2, 0) is 11.3 Å². The van der Waals surface area contributed by atoms with Crippen LogP contribution in [0.2, 0.25) is 0 Å². The molecule has 0 aliphatic carbocycles. The first kappa shape index (κ1) is 13.2. The van der Waals surface area contributed by atoms with Crippen molar-refractivity contribution in [2.24, 2.45) is 5.92 Å². The zero-order valence-electron chi connectivity index (χ0n) is 10.6. The number of aromatic nitrogens is 1. The van der Waals surface area contributed by atoms with Gasteiger partial charge in [0.2, 0.25) is 0 Å². The molecule has 4 nitrogen and oxygen atoms in total.